The lowest BCUT2D eigenvalue weighted by Gasteiger charge is -2.25. The maximum Gasteiger partial charge on any atom is 0.261 e. The van der Waals surface area contributed by atoms with Crippen molar-refractivity contribution in [1.29, 1.82) is 0 Å². The molecule has 2 amide bonds. The largest absolute Gasteiger partial charge is 0.295 e. The molecule has 1 aromatic carbocycles. The number of hydrogen-bond acceptors (Lipinski definition) is 3. The Bertz CT molecular complexity index is 755. The maximum atomic E-state index is 14.3. The van der Waals surface area contributed by atoms with Gasteiger partial charge in [0, 0.05) is 23.1 Å². The van der Waals surface area contributed by atoms with Crippen LogP contribution in [0.25, 0.3) is 0 Å². The van der Waals surface area contributed by atoms with Gasteiger partial charge < -0.3 is 0 Å². The molecule has 6 heteroatoms. The van der Waals surface area contributed by atoms with Gasteiger partial charge in [0.05, 0.1) is 5.69 Å². The van der Waals surface area contributed by atoms with Gasteiger partial charge in [0.2, 0.25) is 5.91 Å². The first-order chi connectivity index (χ1) is 11.2. The molecule has 128 valence electrons. The second kappa shape index (κ2) is 7.26. The van der Waals surface area contributed by atoms with Crippen molar-refractivity contribution in [2.45, 2.75) is 46.5 Å². The molecule has 4 nitrogen and oxygen atoms in total. The van der Waals surface area contributed by atoms with Crippen LogP contribution in [0.15, 0.2) is 23.3 Å². The number of amides is 2. The van der Waals surface area contributed by atoms with Gasteiger partial charge in [-0.15, -0.1) is 0 Å². The molecule has 0 saturated heterocycles. The van der Waals surface area contributed by atoms with E-state index in [1.165, 1.54) is 19.9 Å². The van der Waals surface area contributed by atoms with E-state index in [-0.39, 0.29) is 16.5 Å². The predicted molar refractivity (Wildman–Crippen MR) is 90.5 cm³/mol. The quantitative estimate of drug-likeness (QED) is 0.822. The summed E-state index contributed by atoms with van der Waals surface area (Å²) in [5.41, 5.74) is 1.14. The van der Waals surface area contributed by atoms with Crippen molar-refractivity contribution < 1.29 is 18.8 Å². The van der Waals surface area contributed by atoms with Crippen LogP contribution in [0.5, 0.6) is 0 Å². The van der Waals surface area contributed by atoms with Gasteiger partial charge in [-0.3, -0.25) is 14.4 Å². The van der Waals surface area contributed by atoms with Gasteiger partial charge in [-0.2, -0.15) is 0 Å². The van der Waals surface area contributed by atoms with Crippen LogP contribution in [0.1, 0.15) is 45.1 Å². The van der Waals surface area contributed by atoms with E-state index < -0.39 is 17.6 Å². The number of ketones is 1. The standard InChI is InChI=1S/C18H19ClFNO3/c1-10-8-17(16(20)9-15(10)19)21(12(3)23)18(24)14-7-5-4-6-13(14)11(2)22/h8-9H,4-7H2,1-3H3. The molecule has 0 radical (unpaired) electrons. The number of aryl methyl sites for hydroxylation is 1. The molecule has 2 rings (SSSR count). The summed E-state index contributed by atoms with van der Waals surface area (Å²) in [6.45, 7) is 4.26. The monoisotopic (exact) mass is 351 g/mol. The number of nitrogens with zero attached hydrogens (tertiary/aromatic N) is 1. The number of Topliss-reactive ketones (excluding diaryl/α,β-unsaturated/α-hetero) is 1. The third-order valence-electron chi connectivity index (χ3n) is 4.14. The fraction of sp³-hybridized carbons (Fsp3) is 0.389. The minimum atomic E-state index is -0.755. The second-order valence-corrected chi connectivity index (χ2v) is 6.34. The molecular weight excluding hydrogens is 333 g/mol. The fourth-order valence-electron chi connectivity index (χ4n) is 2.90. The second-order valence-electron chi connectivity index (χ2n) is 5.93. The Morgan fingerprint density at radius 1 is 1.08 bits per heavy atom. The van der Waals surface area contributed by atoms with Crippen LogP contribution in [-0.4, -0.2) is 17.6 Å². The van der Waals surface area contributed by atoms with E-state index in [2.05, 4.69) is 0 Å². The van der Waals surface area contributed by atoms with Gasteiger partial charge >= 0.3 is 0 Å². The summed E-state index contributed by atoms with van der Waals surface area (Å²) in [4.78, 5) is 37.5. The van der Waals surface area contributed by atoms with Crippen LogP contribution >= 0.6 is 11.6 Å². The molecule has 0 unspecified atom stereocenters. The predicted octanol–water partition coefficient (Wildman–Crippen LogP) is 4.13. The highest BCUT2D eigenvalue weighted by Crippen LogP contribution is 2.31. The number of hydrogen-bond donors (Lipinski definition) is 0. The summed E-state index contributed by atoms with van der Waals surface area (Å²) in [5.74, 6) is -2.18. The van der Waals surface area contributed by atoms with Crippen molar-refractivity contribution in [3.63, 3.8) is 0 Å². The summed E-state index contributed by atoms with van der Waals surface area (Å²) in [7, 11) is 0. The number of carbonyl (C=O) groups excluding carboxylic acids is 3. The van der Waals surface area contributed by atoms with Gasteiger partial charge in [-0.25, -0.2) is 9.29 Å². The van der Waals surface area contributed by atoms with Crippen molar-refractivity contribution in [3.8, 4) is 0 Å². The van der Waals surface area contributed by atoms with E-state index in [1.807, 2.05) is 0 Å². The zero-order chi connectivity index (χ0) is 18.0. The highest BCUT2D eigenvalue weighted by atomic mass is 35.5. The van der Waals surface area contributed by atoms with Crippen LogP contribution in [0.4, 0.5) is 10.1 Å². The molecule has 24 heavy (non-hydrogen) atoms. The molecule has 0 heterocycles. The Labute approximate surface area is 145 Å². The van der Waals surface area contributed by atoms with E-state index in [4.69, 9.17) is 11.6 Å². The van der Waals surface area contributed by atoms with E-state index in [9.17, 15) is 18.8 Å². The van der Waals surface area contributed by atoms with Crippen molar-refractivity contribution in [1.82, 2.24) is 0 Å². The zero-order valence-electron chi connectivity index (χ0n) is 13.9. The van der Waals surface area contributed by atoms with E-state index in [1.54, 1.807) is 6.92 Å². The van der Waals surface area contributed by atoms with Gasteiger partial charge in [0.25, 0.3) is 5.91 Å². The number of imide groups is 1. The van der Waals surface area contributed by atoms with E-state index >= 15 is 0 Å². The first-order valence-corrected chi connectivity index (χ1v) is 8.15. The summed E-state index contributed by atoms with van der Waals surface area (Å²) in [6, 6.07) is 2.45. The highest BCUT2D eigenvalue weighted by Gasteiger charge is 2.30. The average molecular weight is 352 g/mol. The van der Waals surface area contributed by atoms with Crippen molar-refractivity contribution in [2.24, 2.45) is 0 Å². The van der Waals surface area contributed by atoms with Gasteiger partial charge in [-0.1, -0.05) is 11.6 Å². The molecule has 1 aliphatic rings. The summed E-state index contributed by atoms with van der Waals surface area (Å²) in [5, 5.41) is 0.216. The molecule has 1 aromatic rings. The lowest BCUT2D eigenvalue weighted by Crippen LogP contribution is -2.38. The summed E-state index contributed by atoms with van der Waals surface area (Å²) < 4.78 is 14.3. The van der Waals surface area contributed by atoms with Crippen molar-refractivity contribution >= 4 is 34.9 Å². The molecule has 1 aliphatic carbocycles. The molecule has 0 spiro atoms. The molecule has 0 bridgehead atoms. The van der Waals surface area contributed by atoms with Crippen LogP contribution in [0.2, 0.25) is 5.02 Å². The molecule has 0 saturated carbocycles. The van der Waals surface area contributed by atoms with Crippen LogP contribution < -0.4 is 4.90 Å². The van der Waals surface area contributed by atoms with Gasteiger partial charge in [0.15, 0.2) is 5.78 Å². The lowest BCUT2D eigenvalue weighted by atomic mass is 9.88. The Morgan fingerprint density at radius 2 is 1.67 bits per heavy atom. The summed E-state index contributed by atoms with van der Waals surface area (Å²) in [6.07, 6.45) is 2.49. The number of anilines is 1. The first kappa shape index (κ1) is 18.3. The highest BCUT2D eigenvalue weighted by molar-refractivity contribution is 6.31. The van der Waals surface area contributed by atoms with Crippen LogP contribution in [0, 0.1) is 12.7 Å². The van der Waals surface area contributed by atoms with E-state index in [0.717, 1.165) is 23.8 Å². The fourth-order valence-corrected chi connectivity index (χ4v) is 3.05. The zero-order valence-corrected chi connectivity index (χ0v) is 14.7. The SMILES string of the molecule is CC(=O)C1=C(C(=O)N(C(C)=O)c2cc(C)c(Cl)cc2F)CCCC1. The van der Waals surface area contributed by atoms with E-state index in [0.29, 0.717) is 29.6 Å². The number of benzene rings is 1. The topological polar surface area (TPSA) is 54.5 Å². The first-order valence-electron chi connectivity index (χ1n) is 7.77. The minimum absolute atomic E-state index is 0.143. The Morgan fingerprint density at radius 3 is 2.21 bits per heavy atom. The normalized spacial score (nSPS) is 14.5. The van der Waals surface area contributed by atoms with Gasteiger partial charge in [-0.05, 0) is 57.2 Å². The third-order valence-corrected chi connectivity index (χ3v) is 4.55. The molecule has 0 aromatic heterocycles. The third kappa shape index (κ3) is 3.56. The average Bonchev–Trinajstić information content (AvgIpc) is 2.52. The van der Waals surface area contributed by atoms with Crippen LogP contribution in [-0.2, 0) is 14.4 Å². The molecule has 0 N–H and O–H groups in total. The Balaban J connectivity index is 2.56. The van der Waals surface area contributed by atoms with Crippen LogP contribution in [0.3, 0.4) is 0 Å². The lowest BCUT2D eigenvalue weighted by molar-refractivity contribution is -0.124. The molecule has 0 atom stereocenters. The Kier molecular flexibility index (Phi) is 5.54. The smallest absolute Gasteiger partial charge is 0.261 e. The van der Waals surface area contributed by atoms with Crippen molar-refractivity contribution in [3.05, 3.63) is 39.7 Å². The summed E-state index contributed by atoms with van der Waals surface area (Å²) >= 11 is 5.88. The maximum absolute atomic E-state index is 14.3. The number of carbonyl (C=O) groups is 3. The molecule has 0 aliphatic heterocycles. The number of rotatable bonds is 3. The Hall–Kier alpha value is -2.01. The van der Waals surface area contributed by atoms with Gasteiger partial charge in [0.1, 0.15) is 5.82 Å². The van der Waals surface area contributed by atoms with Crippen molar-refractivity contribution in [2.75, 3.05) is 4.90 Å². The molecular formula is C18H19ClFNO3. The number of halogens is 2. The minimum Gasteiger partial charge on any atom is -0.295 e. The number of allylic oxidation sites excluding steroid dienone is 1. The molecule has 0 fully saturated rings.